The fraction of sp³-hybridized carbons (Fsp3) is 0.412. The van der Waals surface area contributed by atoms with Crippen LogP contribution in [0.5, 0.6) is 0 Å². The van der Waals surface area contributed by atoms with Crippen LogP contribution in [0.3, 0.4) is 0 Å². The molecule has 0 aliphatic heterocycles. The number of hydrogen-bond donors (Lipinski definition) is 0. The van der Waals surface area contributed by atoms with Crippen molar-refractivity contribution in [3.63, 3.8) is 0 Å². The zero-order chi connectivity index (χ0) is 24.2. The Hall–Kier alpha value is -1.41. The molecule has 0 fully saturated rings. The molecule has 0 bridgehead atoms. The molecule has 0 radical (unpaired) electrons. The van der Waals surface area contributed by atoms with E-state index in [1.807, 2.05) is 0 Å². The molecule has 0 amide bonds. The molecule has 36 heavy (non-hydrogen) atoms. The minimum absolute atomic E-state index is 0. The van der Waals surface area contributed by atoms with Crippen LogP contribution >= 0.6 is 0 Å². The second-order valence-electron chi connectivity index (χ2n) is 9.55. The molecule has 0 saturated carbocycles. The Morgan fingerprint density at radius 1 is 0.472 bits per heavy atom. The van der Waals surface area contributed by atoms with Gasteiger partial charge in [0.25, 0.3) is 0 Å². The summed E-state index contributed by atoms with van der Waals surface area (Å²) in [5.74, 6) is 2.99. The second kappa shape index (κ2) is 17.9. The van der Waals surface area contributed by atoms with Gasteiger partial charge in [0, 0.05) is 0 Å². The summed E-state index contributed by atoms with van der Waals surface area (Å²) in [5, 5.41) is 0. The molecule has 0 aromatic heterocycles. The van der Waals surface area contributed by atoms with Gasteiger partial charge in [-0.05, 0) is 12.8 Å². The molecule has 0 heterocycles. The van der Waals surface area contributed by atoms with Crippen molar-refractivity contribution in [2.24, 2.45) is 0 Å². The third kappa shape index (κ3) is 9.48. The number of rotatable bonds is 14. The second-order valence-corrected chi connectivity index (χ2v) is 9.55. The van der Waals surface area contributed by atoms with Crippen molar-refractivity contribution in [1.29, 1.82) is 0 Å². The summed E-state index contributed by atoms with van der Waals surface area (Å²) in [6.07, 6.45) is 12.0. The quantitative estimate of drug-likeness (QED) is 0.192. The predicted octanol–water partition coefficient (Wildman–Crippen LogP) is 3.92. The minimum Gasteiger partial charge on any atom is -0.129 e. The van der Waals surface area contributed by atoms with Gasteiger partial charge < -0.3 is 0 Å². The van der Waals surface area contributed by atoms with Gasteiger partial charge >= 0.3 is 37.7 Å². The van der Waals surface area contributed by atoms with Crippen molar-refractivity contribution in [3.8, 4) is 0 Å². The van der Waals surface area contributed by atoms with Gasteiger partial charge in [-0.1, -0.05) is 114 Å². The van der Waals surface area contributed by atoms with E-state index in [4.69, 9.17) is 0 Å². The zero-order valence-electron chi connectivity index (χ0n) is 24.0. The van der Waals surface area contributed by atoms with Gasteiger partial charge in [-0.15, -0.1) is 82.6 Å². The van der Waals surface area contributed by atoms with Crippen molar-refractivity contribution in [2.75, 3.05) is 0 Å². The average molecular weight is 467 g/mol. The van der Waals surface area contributed by atoms with E-state index in [1.54, 1.807) is 0 Å². The maximum Gasteiger partial charge on any atom is 1.00 e. The van der Waals surface area contributed by atoms with Gasteiger partial charge in [-0.2, -0.15) is 0 Å². The van der Waals surface area contributed by atoms with Crippen LogP contribution in [0.1, 0.15) is 112 Å². The topological polar surface area (TPSA) is 0 Å². The molecule has 0 saturated heterocycles. The number of hydrogen-bond acceptors (Lipinski definition) is 0. The van der Waals surface area contributed by atoms with E-state index in [9.17, 15) is 0 Å². The summed E-state index contributed by atoms with van der Waals surface area (Å²) >= 11 is 0. The van der Waals surface area contributed by atoms with Gasteiger partial charge in [-0.25, -0.2) is 0 Å². The van der Waals surface area contributed by atoms with Gasteiger partial charge in [0.05, 0.1) is 0 Å². The zero-order valence-corrected chi connectivity index (χ0v) is 24.0. The molecule has 0 atom stereocenters. The van der Waals surface area contributed by atoms with Gasteiger partial charge in [0.1, 0.15) is 0 Å². The number of unbranched alkanes of at least 4 members (excludes halogenated alkanes) is 4. The molecule has 0 unspecified atom stereocenters. The van der Waals surface area contributed by atoms with Crippen molar-refractivity contribution in [2.45, 2.75) is 91.9 Å². The first-order chi connectivity index (χ1) is 16.7. The van der Waals surface area contributed by atoms with Gasteiger partial charge in [0.2, 0.25) is 0 Å². The first-order valence-corrected chi connectivity index (χ1v) is 13.7. The van der Waals surface area contributed by atoms with Crippen LogP contribution in [-0.2, 0) is 12.8 Å². The summed E-state index contributed by atoms with van der Waals surface area (Å²) in [6.45, 7) is 9.04. The summed E-state index contributed by atoms with van der Waals surface area (Å²) in [4.78, 5) is 0. The Labute approximate surface area is 246 Å². The van der Waals surface area contributed by atoms with Crippen LogP contribution in [0, 0.1) is 11.8 Å². The Bertz CT molecular complexity index is 882. The Balaban J connectivity index is 0.00000324. The smallest absolute Gasteiger partial charge is 0.129 e. The summed E-state index contributed by atoms with van der Waals surface area (Å²) in [5.41, 5.74) is 8.35. The van der Waals surface area contributed by atoms with Crippen molar-refractivity contribution in [1.82, 2.24) is 0 Å². The Morgan fingerprint density at radius 2 is 0.861 bits per heavy atom. The standard InChI is InChI=1S/C34H44.2Li/c1-5-9-11-16-33(29-22-18-27(7-3)19-23-29)31-14-13-15-32(26-31)34(17-12-10-6-2)30-24-20-28(8-4)21-25-30;;/h13-15,18-26H,5-12,16-17H2,1-4H3;;/q-2;2*+1. The van der Waals surface area contributed by atoms with E-state index in [-0.39, 0.29) is 37.7 Å². The van der Waals surface area contributed by atoms with Crippen molar-refractivity contribution >= 4 is 0 Å². The fourth-order valence-corrected chi connectivity index (χ4v) is 4.79. The minimum atomic E-state index is 0. The normalized spacial score (nSPS) is 10.3. The average Bonchev–Trinajstić information content (AvgIpc) is 2.89. The third-order valence-electron chi connectivity index (χ3n) is 7.04. The predicted molar refractivity (Wildman–Crippen MR) is 149 cm³/mol. The maximum atomic E-state index is 2.46. The summed E-state index contributed by atoms with van der Waals surface area (Å²) in [6, 6.07) is 27.9. The van der Waals surface area contributed by atoms with Crippen LogP contribution in [0.25, 0.3) is 0 Å². The molecule has 0 aliphatic rings. The van der Waals surface area contributed by atoms with E-state index in [2.05, 4.69) is 100 Å². The van der Waals surface area contributed by atoms with Crippen molar-refractivity contribution < 1.29 is 37.7 Å². The SMILES string of the molecule is CCCCC[C-](c1ccc(CC)cc1)c1cccc([C-](CCCCC)c2ccc(CC)cc2)c1.[Li+].[Li+]. The first kappa shape index (κ1) is 32.6. The van der Waals surface area contributed by atoms with Crippen LogP contribution in [0.15, 0.2) is 72.8 Å². The molecule has 2 heteroatoms. The summed E-state index contributed by atoms with van der Waals surface area (Å²) in [7, 11) is 0. The molecular weight excluding hydrogens is 422 g/mol. The Kier molecular flexibility index (Phi) is 16.3. The largest absolute Gasteiger partial charge is 1.00 e. The molecule has 3 rings (SSSR count). The van der Waals surface area contributed by atoms with Gasteiger partial charge in [-0.3, -0.25) is 0 Å². The van der Waals surface area contributed by atoms with Crippen molar-refractivity contribution in [3.05, 3.63) is 118 Å². The number of aryl methyl sites for hydroxylation is 2. The van der Waals surface area contributed by atoms with Crippen LogP contribution in [-0.4, -0.2) is 0 Å². The summed E-state index contributed by atoms with van der Waals surface area (Å²) < 4.78 is 0. The van der Waals surface area contributed by atoms with Crippen LogP contribution in [0.2, 0.25) is 0 Å². The molecule has 0 nitrogen and oxygen atoms in total. The molecule has 0 N–H and O–H groups in total. The number of benzene rings is 3. The monoisotopic (exact) mass is 466 g/mol. The maximum absolute atomic E-state index is 2.46. The molecule has 0 spiro atoms. The molecular formula is C34H44Li2. The molecule has 3 aromatic carbocycles. The van der Waals surface area contributed by atoms with Crippen LogP contribution < -0.4 is 37.7 Å². The Morgan fingerprint density at radius 3 is 1.19 bits per heavy atom. The molecule has 0 aliphatic carbocycles. The van der Waals surface area contributed by atoms with E-state index in [0.29, 0.717) is 0 Å². The fourth-order valence-electron chi connectivity index (χ4n) is 4.79. The molecule has 3 aromatic rings. The van der Waals surface area contributed by atoms with E-state index < -0.39 is 0 Å². The van der Waals surface area contributed by atoms with E-state index in [0.717, 1.165) is 25.7 Å². The van der Waals surface area contributed by atoms with Crippen LogP contribution in [0.4, 0.5) is 0 Å². The molecule has 182 valence electrons. The van der Waals surface area contributed by atoms with Gasteiger partial charge in [0.15, 0.2) is 0 Å². The van der Waals surface area contributed by atoms with E-state index >= 15 is 0 Å². The third-order valence-corrected chi connectivity index (χ3v) is 7.04. The van der Waals surface area contributed by atoms with E-state index in [1.165, 1.54) is 83.7 Å². The first-order valence-electron chi connectivity index (χ1n) is 13.7.